The van der Waals surface area contributed by atoms with Crippen LogP contribution in [-0.4, -0.2) is 47.4 Å². The number of halogens is 1. The summed E-state index contributed by atoms with van der Waals surface area (Å²) in [5.74, 6) is -4.69. The molecule has 0 radical (unpaired) electrons. The van der Waals surface area contributed by atoms with Crippen molar-refractivity contribution in [3.8, 4) is 0 Å². The van der Waals surface area contributed by atoms with E-state index < -0.39 is 23.8 Å². The molecule has 0 saturated carbocycles. The van der Waals surface area contributed by atoms with Gasteiger partial charge in [-0.15, -0.1) is 0 Å². The van der Waals surface area contributed by atoms with Gasteiger partial charge in [-0.2, -0.15) is 0 Å². The molecule has 2 unspecified atom stereocenters. The lowest BCUT2D eigenvalue weighted by Gasteiger charge is -2.30. The van der Waals surface area contributed by atoms with E-state index in [2.05, 4.69) is 4.99 Å². The van der Waals surface area contributed by atoms with Gasteiger partial charge in [-0.05, 0) is 18.6 Å². The Bertz CT molecular complexity index is 770. The third-order valence-corrected chi connectivity index (χ3v) is 4.22. The number of aliphatic imine (C=N–C) groups is 1. The number of carbonyl (C=O) groups excluding carboxylic acids is 1. The van der Waals surface area contributed by atoms with Crippen LogP contribution in [0, 0.1) is 5.92 Å². The minimum Gasteiger partial charge on any atom is -0.481 e. The van der Waals surface area contributed by atoms with Crippen LogP contribution < -0.4 is 0 Å². The maximum Gasteiger partial charge on any atom is 0.334 e. The lowest BCUT2D eigenvalue weighted by molar-refractivity contribution is -0.140. The maximum atomic E-state index is 11.9. The third-order valence-electron chi connectivity index (χ3n) is 3.88. The van der Waals surface area contributed by atoms with E-state index in [1.165, 1.54) is 6.92 Å². The Morgan fingerprint density at radius 3 is 2.56 bits per heavy atom. The van der Waals surface area contributed by atoms with Gasteiger partial charge in [-0.25, -0.2) is 4.79 Å². The minimum absolute atomic E-state index is 0.0780. The van der Waals surface area contributed by atoms with Crippen molar-refractivity contribution in [2.24, 2.45) is 10.9 Å². The first-order valence-corrected chi connectivity index (χ1v) is 7.76. The lowest BCUT2D eigenvalue weighted by atomic mass is 9.75. The number of benzene rings is 1. The molecule has 132 valence electrons. The molecule has 0 fully saturated rings. The predicted octanol–water partition coefficient (Wildman–Crippen LogP) is 2.15. The van der Waals surface area contributed by atoms with E-state index >= 15 is 0 Å². The molecule has 1 aliphatic rings. The maximum absolute atomic E-state index is 11.9. The number of nitrogens with zero attached hydrogens (tertiary/aromatic N) is 1. The number of carbonyl (C=O) groups is 3. The number of carboxylic acid groups (broad SMARTS) is 2. The highest BCUT2D eigenvalue weighted by atomic mass is 35.5. The monoisotopic (exact) mass is 365 g/mol. The van der Waals surface area contributed by atoms with E-state index in [1.807, 2.05) is 0 Å². The molecule has 1 heterocycles. The van der Waals surface area contributed by atoms with Crippen LogP contribution >= 0.6 is 11.6 Å². The second-order valence-electron chi connectivity index (χ2n) is 5.42. The predicted molar refractivity (Wildman–Crippen MR) is 90.0 cm³/mol. The van der Waals surface area contributed by atoms with Gasteiger partial charge in [-0.1, -0.05) is 29.8 Å². The third kappa shape index (κ3) is 3.94. The van der Waals surface area contributed by atoms with Crippen molar-refractivity contribution in [1.29, 1.82) is 0 Å². The highest BCUT2D eigenvalue weighted by molar-refractivity contribution is 6.31. The van der Waals surface area contributed by atoms with Crippen molar-refractivity contribution < 1.29 is 29.3 Å². The van der Waals surface area contributed by atoms with Gasteiger partial charge >= 0.3 is 11.9 Å². The van der Waals surface area contributed by atoms with Crippen molar-refractivity contribution >= 4 is 35.5 Å². The molecule has 2 atom stereocenters. The number of carboxylic acids is 2. The number of hydrogen-bond acceptors (Lipinski definition) is 5. The average Bonchev–Trinajstić information content (AvgIpc) is 2.54. The van der Waals surface area contributed by atoms with Crippen LogP contribution in [-0.2, 0) is 19.1 Å². The SMILES string of the molecule is CC1=NC(COCC=O)=C(C(=O)O)C(c2ccccc2Cl)C1C(=O)O. The summed E-state index contributed by atoms with van der Waals surface area (Å²) in [6, 6.07) is 6.49. The minimum atomic E-state index is -1.31. The number of rotatable bonds is 7. The smallest absolute Gasteiger partial charge is 0.334 e. The molecule has 1 aromatic carbocycles. The Hall–Kier alpha value is -2.51. The highest BCUT2D eigenvalue weighted by Gasteiger charge is 2.42. The van der Waals surface area contributed by atoms with Gasteiger partial charge in [0.25, 0.3) is 0 Å². The Morgan fingerprint density at radius 2 is 2.00 bits per heavy atom. The van der Waals surface area contributed by atoms with Crippen LogP contribution in [0.1, 0.15) is 18.4 Å². The summed E-state index contributed by atoms with van der Waals surface area (Å²) < 4.78 is 5.08. The fourth-order valence-corrected chi connectivity index (χ4v) is 3.14. The molecule has 0 aromatic heterocycles. The zero-order valence-electron chi connectivity index (χ0n) is 13.3. The largest absolute Gasteiger partial charge is 0.481 e. The Balaban J connectivity index is 2.64. The van der Waals surface area contributed by atoms with Crippen molar-refractivity contribution in [1.82, 2.24) is 0 Å². The van der Waals surface area contributed by atoms with E-state index in [1.54, 1.807) is 24.3 Å². The molecular weight excluding hydrogens is 350 g/mol. The summed E-state index contributed by atoms with van der Waals surface area (Å²) in [6.45, 7) is 1.08. The van der Waals surface area contributed by atoms with Crippen LogP contribution in [0.15, 0.2) is 40.5 Å². The van der Waals surface area contributed by atoms with E-state index in [0.29, 0.717) is 11.8 Å². The molecule has 1 aliphatic heterocycles. The molecule has 2 rings (SSSR count). The fraction of sp³-hybridized carbons (Fsp3) is 0.294. The normalized spacial score (nSPS) is 20.2. The second-order valence-corrected chi connectivity index (χ2v) is 5.82. The number of hydrogen-bond donors (Lipinski definition) is 2. The fourth-order valence-electron chi connectivity index (χ4n) is 2.88. The van der Waals surface area contributed by atoms with E-state index in [0.717, 1.165) is 0 Å². The zero-order valence-corrected chi connectivity index (χ0v) is 14.1. The van der Waals surface area contributed by atoms with Crippen LogP contribution in [0.2, 0.25) is 5.02 Å². The standard InChI is InChI=1S/C17H16ClNO6/c1-9-13(16(21)22)14(10-4-2-3-5-11(10)18)15(17(23)24)12(19-9)8-25-7-6-20/h2-6,13-14H,7-8H2,1H3,(H,21,22)(H,23,24). The highest BCUT2D eigenvalue weighted by Crippen LogP contribution is 2.41. The summed E-state index contributed by atoms with van der Waals surface area (Å²) in [5.41, 5.74) is 0.509. The molecule has 25 heavy (non-hydrogen) atoms. The van der Waals surface area contributed by atoms with Gasteiger partial charge in [-0.3, -0.25) is 9.79 Å². The molecule has 1 aromatic rings. The Morgan fingerprint density at radius 1 is 1.32 bits per heavy atom. The summed E-state index contributed by atoms with van der Waals surface area (Å²) in [5, 5.41) is 19.6. The number of aliphatic carboxylic acids is 2. The lowest BCUT2D eigenvalue weighted by Crippen LogP contribution is -2.36. The van der Waals surface area contributed by atoms with Gasteiger partial charge in [0.2, 0.25) is 0 Å². The van der Waals surface area contributed by atoms with Gasteiger partial charge in [0.1, 0.15) is 18.8 Å². The van der Waals surface area contributed by atoms with Crippen molar-refractivity contribution in [3.63, 3.8) is 0 Å². The van der Waals surface area contributed by atoms with Crippen molar-refractivity contribution in [2.45, 2.75) is 12.8 Å². The molecule has 0 spiro atoms. The van der Waals surface area contributed by atoms with Crippen LogP contribution in [0.5, 0.6) is 0 Å². The average molecular weight is 366 g/mol. The molecule has 7 nitrogen and oxygen atoms in total. The summed E-state index contributed by atoms with van der Waals surface area (Å²) in [4.78, 5) is 38.2. The van der Waals surface area contributed by atoms with Gasteiger partial charge < -0.3 is 19.7 Å². The molecule has 8 heteroatoms. The molecule has 0 amide bonds. The van der Waals surface area contributed by atoms with Crippen LogP contribution in [0.25, 0.3) is 0 Å². The van der Waals surface area contributed by atoms with Crippen molar-refractivity contribution in [2.75, 3.05) is 13.2 Å². The second kappa shape index (κ2) is 8.04. The molecule has 0 saturated heterocycles. The number of ether oxygens (including phenoxy) is 1. The molecule has 2 N–H and O–H groups in total. The van der Waals surface area contributed by atoms with Crippen LogP contribution in [0.3, 0.4) is 0 Å². The first-order valence-electron chi connectivity index (χ1n) is 7.38. The summed E-state index contributed by atoms with van der Waals surface area (Å²) in [7, 11) is 0. The summed E-state index contributed by atoms with van der Waals surface area (Å²) in [6.07, 6.45) is 0.534. The first kappa shape index (κ1) is 18.8. The molecule has 0 bridgehead atoms. The molecule has 0 aliphatic carbocycles. The van der Waals surface area contributed by atoms with Crippen molar-refractivity contribution in [3.05, 3.63) is 46.1 Å². The first-order chi connectivity index (χ1) is 11.9. The van der Waals surface area contributed by atoms with Gasteiger partial charge in [0.15, 0.2) is 0 Å². The molecular formula is C17H16ClNO6. The number of aldehydes is 1. The zero-order chi connectivity index (χ0) is 18.6. The van der Waals surface area contributed by atoms with E-state index in [-0.39, 0.29) is 35.2 Å². The van der Waals surface area contributed by atoms with E-state index in [4.69, 9.17) is 16.3 Å². The summed E-state index contributed by atoms with van der Waals surface area (Å²) >= 11 is 6.19. The topological polar surface area (TPSA) is 113 Å². The Kier molecular flexibility index (Phi) is 6.06. The quantitative estimate of drug-likeness (QED) is 0.565. The van der Waals surface area contributed by atoms with E-state index in [9.17, 15) is 24.6 Å². The van der Waals surface area contributed by atoms with Gasteiger partial charge in [0.05, 0.1) is 17.9 Å². The van der Waals surface area contributed by atoms with Gasteiger partial charge in [0, 0.05) is 16.7 Å². The van der Waals surface area contributed by atoms with Crippen LogP contribution in [0.4, 0.5) is 0 Å². The Labute approximate surface area is 148 Å².